The van der Waals surface area contributed by atoms with Crippen LogP contribution in [0.5, 0.6) is 11.5 Å². The summed E-state index contributed by atoms with van der Waals surface area (Å²) in [6, 6.07) is 28.4. The number of phenolic OH excluding ortho intramolecular Hbond substituents is 2. The predicted octanol–water partition coefficient (Wildman–Crippen LogP) is 6.40. The summed E-state index contributed by atoms with van der Waals surface area (Å²) in [5, 5.41) is 22.4. The van der Waals surface area contributed by atoms with E-state index in [0.29, 0.717) is 34.1 Å². The maximum Gasteiger partial charge on any atom is 0.260 e. The van der Waals surface area contributed by atoms with Gasteiger partial charge in [-0.05, 0) is 85.7 Å². The summed E-state index contributed by atoms with van der Waals surface area (Å²) in [6.45, 7) is 2.15. The van der Waals surface area contributed by atoms with Crippen LogP contribution in [0, 0.1) is 30.6 Å². The van der Waals surface area contributed by atoms with Gasteiger partial charge >= 0.3 is 0 Å². The summed E-state index contributed by atoms with van der Waals surface area (Å²) in [4.78, 5) is 59.6. The molecule has 4 aromatic carbocycles. The molecule has 0 spiro atoms. The number of carbonyl (C=O) groups excluding carboxylic acids is 4. The van der Waals surface area contributed by atoms with Crippen LogP contribution in [0.4, 0.5) is 5.69 Å². The minimum absolute atomic E-state index is 0.0320. The summed E-state index contributed by atoms with van der Waals surface area (Å²) in [6.07, 6.45) is 2.89. The van der Waals surface area contributed by atoms with Crippen LogP contribution < -0.4 is 5.43 Å². The number of hydrogen-bond acceptors (Lipinski definition) is 7. The van der Waals surface area contributed by atoms with E-state index in [4.69, 9.17) is 0 Å². The average Bonchev–Trinajstić information content (AvgIpc) is 3.50. The molecule has 258 valence electrons. The lowest BCUT2D eigenvalue weighted by molar-refractivity contribution is -0.141. The van der Waals surface area contributed by atoms with Crippen LogP contribution in [0.25, 0.3) is 0 Å². The Balaban J connectivity index is 1.26. The monoisotopic (exact) mass is 745 g/mol. The van der Waals surface area contributed by atoms with E-state index in [1.54, 1.807) is 42.5 Å². The van der Waals surface area contributed by atoms with Crippen molar-refractivity contribution in [3.63, 3.8) is 0 Å². The maximum absolute atomic E-state index is 15.2. The highest BCUT2D eigenvalue weighted by Crippen LogP contribution is 2.65. The second kappa shape index (κ2) is 12.5. The normalized spacial score (nSPS) is 26.9. The number of aryl methyl sites for hydroxylation is 1. The Morgan fingerprint density at radius 1 is 0.843 bits per heavy atom. The Kier molecular flexibility index (Phi) is 8.09. The third kappa shape index (κ3) is 5.18. The fraction of sp³-hybridized carbons (Fsp3) is 0.268. The molecule has 4 aliphatic rings. The number of imide groups is 2. The van der Waals surface area contributed by atoms with Gasteiger partial charge in [-0.15, -0.1) is 0 Å². The van der Waals surface area contributed by atoms with Gasteiger partial charge in [0.15, 0.2) is 0 Å². The molecule has 3 N–H and O–H groups in total. The van der Waals surface area contributed by atoms with Gasteiger partial charge in [-0.2, -0.15) is 5.01 Å². The molecule has 1 saturated carbocycles. The molecule has 9 nitrogen and oxygen atoms in total. The number of benzene rings is 4. The van der Waals surface area contributed by atoms with Gasteiger partial charge in [0.1, 0.15) is 11.5 Å². The predicted molar refractivity (Wildman–Crippen MR) is 193 cm³/mol. The number of likely N-dealkylation sites (tertiary alicyclic amines) is 1. The molecule has 2 aliphatic heterocycles. The van der Waals surface area contributed by atoms with Gasteiger partial charge in [0.2, 0.25) is 11.8 Å². The van der Waals surface area contributed by atoms with Gasteiger partial charge in [-0.25, -0.2) is 0 Å². The largest absolute Gasteiger partial charge is 0.508 e. The lowest BCUT2D eigenvalue weighted by Gasteiger charge is -2.50. The van der Waals surface area contributed by atoms with Crippen LogP contribution in [0.15, 0.2) is 113 Å². The number of nitrogens with zero attached hydrogens (tertiary/aromatic N) is 2. The SMILES string of the molecule is Cc1ccc(NN2C(=O)[C@@H]3C[C@@H]4C(=CC[C@@H]5C(=O)N(CCc6ccc(O)cc6)C(=O)[C@@H]54)[C@H](c4cc(Br)ccc4O)[C@]3(c3ccccc3)C2=O)cc1. The van der Waals surface area contributed by atoms with Crippen LogP contribution in [0.3, 0.4) is 0 Å². The van der Waals surface area contributed by atoms with Crippen molar-refractivity contribution in [1.82, 2.24) is 9.91 Å². The third-order valence-electron chi connectivity index (χ3n) is 11.3. The van der Waals surface area contributed by atoms with Crippen molar-refractivity contribution in [2.24, 2.45) is 23.7 Å². The van der Waals surface area contributed by atoms with Crippen molar-refractivity contribution in [3.05, 3.63) is 135 Å². The van der Waals surface area contributed by atoms with Gasteiger partial charge in [0.25, 0.3) is 11.8 Å². The van der Waals surface area contributed by atoms with Crippen molar-refractivity contribution in [2.75, 3.05) is 12.0 Å². The third-order valence-corrected chi connectivity index (χ3v) is 11.8. The van der Waals surface area contributed by atoms with E-state index in [0.717, 1.165) is 21.7 Å². The number of aromatic hydroxyl groups is 2. The molecule has 0 radical (unpaired) electrons. The van der Waals surface area contributed by atoms with E-state index >= 15 is 4.79 Å². The van der Waals surface area contributed by atoms with E-state index < -0.39 is 46.8 Å². The molecule has 3 fully saturated rings. The summed E-state index contributed by atoms with van der Waals surface area (Å²) in [5.41, 5.74) is 6.00. The molecule has 2 heterocycles. The molecule has 51 heavy (non-hydrogen) atoms. The number of phenols is 2. The van der Waals surface area contributed by atoms with Crippen molar-refractivity contribution >= 4 is 45.2 Å². The van der Waals surface area contributed by atoms with Gasteiger partial charge in [0.05, 0.1) is 28.9 Å². The van der Waals surface area contributed by atoms with Crippen molar-refractivity contribution in [1.29, 1.82) is 0 Å². The summed E-state index contributed by atoms with van der Waals surface area (Å²) < 4.78 is 0.686. The zero-order valence-corrected chi connectivity index (χ0v) is 29.4. The first-order valence-electron chi connectivity index (χ1n) is 17.2. The van der Waals surface area contributed by atoms with Crippen LogP contribution >= 0.6 is 15.9 Å². The first-order chi connectivity index (χ1) is 24.6. The second-order valence-electron chi connectivity index (χ2n) is 14.0. The van der Waals surface area contributed by atoms with Gasteiger partial charge in [-0.3, -0.25) is 29.5 Å². The number of rotatable bonds is 7. The Bertz CT molecular complexity index is 2100. The summed E-state index contributed by atoms with van der Waals surface area (Å²) in [7, 11) is 0. The molecule has 8 rings (SSSR count). The van der Waals surface area contributed by atoms with Crippen LogP contribution in [0.1, 0.15) is 41.0 Å². The van der Waals surface area contributed by atoms with E-state index in [2.05, 4.69) is 21.4 Å². The number of hydrazine groups is 1. The molecule has 0 aromatic heterocycles. The first-order valence-corrected chi connectivity index (χ1v) is 18.0. The molecular weight excluding hydrogens is 710 g/mol. The number of anilines is 1. The lowest BCUT2D eigenvalue weighted by atomic mass is 9.49. The molecule has 2 saturated heterocycles. The Morgan fingerprint density at radius 2 is 1.57 bits per heavy atom. The molecule has 0 unspecified atom stereocenters. The average molecular weight is 747 g/mol. The molecule has 4 aromatic rings. The highest BCUT2D eigenvalue weighted by Gasteiger charge is 2.70. The summed E-state index contributed by atoms with van der Waals surface area (Å²) in [5.74, 6) is -4.86. The zero-order chi connectivity index (χ0) is 35.6. The maximum atomic E-state index is 15.2. The number of halogens is 1. The molecule has 10 heteroatoms. The number of nitrogens with one attached hydrogen (secondary N) is 1. The topological polar surface area (TPSA) is 127 Å². The fourth-order valence-corrected chi connectivity index (χ4v) is 9.42. The molecule has 6 atom stereocenters. The Morgan fingerprint density at radius 3 is 2.29 bits per heavy atom. The van der Waals surface area contributed by atoms with Crippen LogP contribution in [-0.4, -0.2) is 50.3 Å². The van der Waals surface area contributed by atoms with Crippen molar-refractivity contribution < 1.29 is 29.4 Å². The van der Waals surface area contributed by atoms with E-state index in [1.807, 2.05) is 67.6 Å². The Labute approximate surface area is 303 Å². The Hall–Kier alpha value is -5.22. The molecule has 2 aliphatic carbocycles. The number of hydrogen-bond donors (Lipinski definition) is 3. The number of fused-ring (bicyclic) bond motifs is 4. The fourth-order valence-electron chi connectivity index (χ4n) is 9.04. The standard InChI is InChI=1S/C41H36BrN3O6/c1-23-7-12-27(13-8-23)43-45-38(49)33-22-31-29(16-17-30-35(31)39(50)44(37(30)48)20-19-24-9-14-28(46)15-10-24)36(32-21-26(42)11-18-34(32)47)41(33,40(45)51)25-5-3-2-4-6-25/h2-16,18,21,30-31,33,35-36,43,46-47H,17,19-20,22H2,1H3/t30-,31+,33-,35-,36+,41+/m0/s1. The van der Waals surface area contributed by atoms with E-state index in [-0.39, 0.29) is 36.3 Å². The van der Waals surface area contributed by atoms with E-state index in [9.17, 15) is 24.6 Å². The van der Waals surface area contributed by atoms with Crippen LogP contribution in [0.2, 0.25) is 0 Å². The molecule has 0 bridgehead atoms. The smallest absolute Gasteiger partial charge is 0.260 e. The molecule has 4 amide bonds. The molecular formula is C41H36BrN3O6. The number of carbonyl (C=O) groups is 4. The minimum atomic E-state index is -1.46. The highest BCUT2D eigenvalue weighted by atomic mass is 79.9. The quantitative estimate of drug-likeness (QED) is 0.148. The lowest BCUT2D eigenvalue weighted by Crippen LogP contribution is -2.53. The number of allylic oxidation sites excluding steroid dienone is 2. The van der Waals surface area contributed by atoms with Gasteiger partial charge in [-0.1, -0.05) is 87.7 Å². The van der Waals surface area contributed by atoms with Gasteiger partial charge in [0, 0.05) is 22.5 Å². The zero-order valence-electron chi connectivity index (χ0n) is 27.8. The van der Waals surface area contributed by atoms with Crippen molar-refractivity contribution in [3.8, 4) is 11.5 Å². The van der Waals surface area contributed by atoms with Crippen molar-refractivity contribution in [2.45, 2.75) is 37.5 Å². The van der Waals surface area contributed by atoms with Crippen LogP contribution in [-0.2, 0) is 31.0 Å². The minimum Gasteiger partial charge on any atom is -0.508 e. The van der Waals surface area contributed by atoms with E-state index in [1.165, 1.54) is 4.90 Å². The highest BCUT2D eigenvalue weighted by molar-refractivity contribution is 9.10. The van der Waals surface area contributed by atoms with Gasteiger partial charge < -0.3 is 10.2 Å². The first kappa shape index (κ1) is 33.0. The number of amides is 4. The second-order valence-corrected chi connectivity index (χ2v) is 15.0. The summed E-state index contributed by atoms with van der Waals surface area (Å²) >= 11 is 3.57.